The first-order chi connectivity index (χ1) is 28.1. The van der Waals surface area contributed by atoms with Crippen LogP contribution in [0, 0.1) is 0 Å². The minimum Gasteiger partial charge on any atom is -0.350 e. The molecule has 0 aliphatic carbocycles. The van der Waals surface area contributed by atoms with Crippen molar-refractivity contribution in [2.45, 2.75) is 93.5 Å². The first kappa shape index (κ1) is 47.4. The molecule has 3 atom stereocenters. The van der Waals surface area contributed by atoms with Crippen LogP contribution in [0.3, 0.4) is 0 Å². The van der Waals surface area contributed by atoms with Crippen LogP contribution in [0.2, 0.25) is 0 Å². The molecule has 0 saturated heterocycles. The smallest absolute Gasteiger partial charge is 0.252 e. The second-order valence-electron chi connectivity index (χ2n) is 16.1. The third kappa shape index (κ3) is 14.2. The van der Waals surface area contributed by atoms with Gasteiger partial charge in [-0.05, 0) is 76.4 Å². The standard InChI is InChI=1S/C45H54N6O6S3/c1-43(2,58)34(40(55)46-25-28-16-10-7-11-17-28)49-37(52)31-22-32(38(53)50-35(44(3,4)59)41(56)47-26-29-18-12-8-13-19-29)24-33(23-31)39(54)51-36(45(5,6)60)42(57)48-27-30-20-14-9-15-21-30/h7-24,34-36,58-60H,25-27H2,1-6H3,(H,46,55)(H,47,56)(H,48,57)(H,49,52)(H,50,53)(H,51,54). The zero-order valence-electron chi connectivity index (χ0n) is 34.5. The van der Waals surface area contributed by atoms with E-state index in [-0.39, 0.29) is 36.3 Å². The molecule has 4 aromatic rings. The summed E-state index contributed by atoms with van der Waals surface area (Å²) in [5.74, 6) is -3.92. The highest BCUT2D eigenvalue weighted by molar-refractivity contribution is 7.82. The Balaban J connectivity index is 1.67. The molecule has 6 N–H and O–H groups in total. The fourth-order valence-electron chi connectivity index (χ4n) is 6.01. The Bertz CT molecular complexity index is 1880. The molecule has 0 bridgehead atoms. The van der Waals surface area contributed by atoms with Gasteiger partial charge in [0.1, 0.15) is 18.1 Å². The monoisotopic (exact) mass is 870 g/mol. The lowest BCUT2D eigenvalue weighted by Gasteiger charge is -2.30. The number of hydrogen-bond acceptors (Lipinski definition) is 9. The molecule has 0 spiro atoms. The largest absolute Gasteiger partial charge is 0.350 e. The molecule has 0 aliphatic rings. The first-order valence-electron chi connectivity index (χ1n) is 19.3. The lowest BCUT2D eigenvalue weighted by atomic mass is 9.98. The van der Waals surface area contributed by atoms with Gasteiger partial charge in [-0.1, -0.05) is 91.0 Å². The topological polar surface area (TPSA) is 175 Å². The van der Waals surface area contributed by atoms with Crippen molar-refractivity contribution in [3.05, 3.63) is 143 Å². The number of benzene rings is 4. The Kier molecular flexibility index (Phi) is 16.5. The van der Waals surface area contributed by atoms with Crippen LogP contribution in [0.4, 0.5) is 0 Å². The lowest BCUT2D eigenvalue weighted by molar-refractivity contribution is -0.124. The molecule has 0 aromatic heterocycles. The molecule has 4 aromatic carbocycles. The summed E-state index contributed by atoms with van der Waals surface area (Å²) in [4.78, 5) is 82.9. The maximum absolute atomic E-state index is 14.1. The first-order valence-corrected chi connectivity index (χ1v) is 20.7. The van der Waals surface area contributed by atoms with E-state index in [1.54, 1.807) is 41.5 Å². The number of rotatable bonds is 18. The molecule has 6 amide bonds. The molecule has 12 nitrogen and oxygen atoms in total. The maximum Gasteiger partial charge on any atom is 0.252 e. The second kappa shape index (κ2) is 20.8. The van der Waals surface area contributed by atoms with E-state index in [2.05, 4.69) is 69.8 Å². The molecule has 4 rings (SSSR count). The number of amides is 6. The summed E-state index contributed by atoms with van der Waals surface area (Å²) in [6, 6.07) is 28.0. The van der Waals surface area contributed by atoms with Crippen molar-refractivity contribution >= 4 is 73.3 Å². The molecule has 0 aliphatic heterocycles. The van der Waals surface area contributed by atoms with Crippen LogP contribution in [0.25, 0.3) is 0 Å². The van der Waals surface area contributed by atoms with Gasteiger partial charge in [-0.2, -0.15) is 37.9 Å². The molecule has 15 heteroatoms. The molecule has 0 fully saturated rings. The average molecular weight is 871 g/mol. The van der Waals surface area contributed by atoms with E-state index in [1.807, 2.05) is 91.0 Å². The van der Waals surface area contributed by atoms with Crippen molar-refractivity contribution in [1.82, 2.24) is 31.9 Å². The molecule has 3 unspecified atom stereocenters. The summed E-state index contributed by atoms with van der Waals surface area (Å²) in [5.41, 5.74) is 2.06. The van der Waals surface area contributed by atoms with Crippen LogP contribution in [-0.4, -0.2) is 67.8 Å². The molecule has 0 heterocycles. The van der Waals surface area contributed by atoms with Crippen LogP contribution in [0.5, 0.6) is 0 Å². The summed E-state index contributed by atoms with van der Waals surface area (Å²) in [6.45, 7) is 10.6. The number of nitrogens with one attached hydrogen (secondary N) is 6. The van der Waals surface area contributed by atoms with Gasteiger partial charge in [0, 0.05) is 50.6 Å². The third-order valence-corrected chi connectivity index (χ3v) is 10.2. The fourth-order valence-corrected chi connectivity index (χ4v) is 6.56. The number of carbonyl (C=O) groups is 6. The van der Waals surface area contributed by atoms with E-state index in [4.69, 9.17) is 0 Å². The Morgan fingerprint density at radius 3 is 0.833 bits per heavy atom. The van der Waals surface area contributed by atoms with Gasteiger partial charge in [-0.3, -0.25) is 28.8 Å². The Hall–Kier alpha value is -5.25. The number of carbonyl (C=O) groups excluding carboxylic acids is 6. The van der Waals surface area contributed by atoms with E-state index in [0.717, 1.165) is 16.7 Å². The minimum absolute atomic E-state index is 0.156. The maximum atomic E-state index is 14.1. The summed E-state index contributed by atoms with van der Waals surface area (Å²) >= 11 is 13.8. The highest BCUT2D eigenvalue weighted by Crippen LogP contribution is 2.23. The summed E-state index contributed by atoms with van der Waals surface area (Å²) in [7, 11) is 0. The number of hydrogen-bond donors (Lipinski definition) is 9. The predicted octanol–water partition coefficient (Wildman–Crippen LogP) is 5.06. The Labute approximate surface area is 368 Å². The van der Waals surface area contributed by atoms with Crippen molar-refractivity contribution in [3.8, 4) is 0 Å². The van der Waals surface area contributed by atoms with Gasteiger partial charge in [-0.15, -0.1) is 0 Å². The van der Waals surface area contributed by atoms with Crippen molar-refractivity contribution in [2.75, 3.05) is 0 Å². The van der Waals surface area contributed by atoms with Crippen LogP contribution < -0.4 is 31.9 Å². The van der Waals surface area contributed by atoms with Gasteiger partial charge in [0.2, 0.25) is 17.7 Å². The highest BCUT2D eigenvalue weighted by atomic mass is 32.1. The second-order valence-corrected chi connectivity index (χ2v) is 19.5. The van der Waals surface area contributed by atoms with E-state index >= 15 is 0 Å². The molecule has 60 heavy (non-hydrogen) atoms. The highest BCUT2D eigenvalue weighted by Gasteiger charge is 2.37. The van der Waals surface area contributed by atoms with Crippen LogP contribution >= 0.6 is 37.9 Å². The number of thiol groups is 3. The SMILES string of the molecule is CC(C)(S)C(NC(=O)c1cc(C(=O)NC(C(=O)NCc2ccccc2)C(C)(C)S)cc(C(=O)NC(C(=O)NCc2ccccc2)C(C)(C)S)c1)C(=O)NCc1ccccc1. The molecular formula is C45H54N6O6S3. The lowest BCUT2D eigenvalue weighted by Crippen LogP contribution is -2.56. The quantitative estimate of drug-likeness (QED) is 0.0633. The van der Waals surface area contributed by atoms with Gasteiger partial charge >= 0.3 is 0 Å². The third-order valence-electron chi connectivity index (χ3n) is 9.38. The van der Waals surface area contributed by atoms with Crippen molar-refractivity contribution in [1.29, 1.82) is 0 Å². The minimum atomic E-state index is -1.17. The van der Waals surface area contributed by atoms with Crippen molar-refractivity contribution < 1.29 is 28.8 Å². The van der Waals surface area contributed by atoms with E-state index < -0.39 is 67.8 Å². The van der Waals surface area contributed by atoms with Gasteiger partial charge in [0.25, 0.3) is 17.7 Å². The summed E-state index contributed by atoms with van der Waals surface area (Å²) in [5, 5.41) is 16.7. The molecule has 0 saturated carbocycles. The summed E-state index contributed by atoms with van der Waals surface area (Å²) in [6.07, 6.45) is 0. The van der Waals surface area contributed by atoms with Crippen LogP contribution in [0.15, 0.2) is 109 Å². The molecule has 318 valence electrons. The van der Waals surface area contributed by atoms with E-state index in [0.29, 0.717) is 0 Å². The normalized spacial score (nSPS) is 13.2. The summed E-state index contributed by atoms with van der Waals surface area (Å²) < 4.78 is -3.20. The Morgan fingerprint density at radius 2 is 0.633 bits per heavy atom. The zero-order chi connectivity index (χ0) is 44.3. The van der Waals surface area contributed by atoms with E-state index in [9.17, 15) is 28.8 Å². The van der Waals surface area contributed by atoms with Gasteiger partial charge in [-0.25, -0.2) is 0 Å². The van der Waals surface area contributed by atoms with Crippen molar-refractivity contribution in [3.63, 3.8) is 0 Å². The van der Waals surface area contributed by atoms with Crippen LogP contribution in [0.1, 0.15) is 89.3 Å². The predicted molar refractivity (Wildman–Crippen MR) is 244 cm³/mol. The zero-order valence-corrected chi connectivity index (χ0v) is 37.2. The van der Waals surface area contributed by atoms with Gasteiger partial charge in [0.15, 0.2) is 0 Å². The van der Waals surface area contributed by atoms with E-state index in [1.165, 1.54) is 18.2 Å². The molecular weight excluding hydrogens is 817 g/mol. The van der Waals surface area contributed by atoms with Crippen LogP contribution in [-0.2, 0) is 34.0 Å². The molecule has 0 radical (unpaired) electrons. The average Bonchev–Trinajstić information content (AvgIpc) is 3.20. The Morgan fingerprint density at radius 1 is 0.417 bits per heavy atom. The fraction of sp³-hybridized carbons (Fsp3) is 0.333. The van der Waals surface area contributed by atoms with Gasteiger partial charge in [0.05, 0.1) is 0 Å². The van der Waals surface area contributed by atoms with Gasteiger partial charge < -0.3 is 31.9 Å². The van der Waals surface area contributed by atoms with Crippen molar-refractivity contribution in [2.24, 2.45) is 0 Å².